The van der Waals surface area contributed by atoms with Gasteiger partial charge in [0, 0.05) is 27.8 Å². The Morgan fingerprint density at radius 2 is 1.00 bits per heavy atom. The van der Waals surface area contributed by atoms with E-state index in [0.29, 0.717) is 0 Å². The van der Waals surface area contributed by atoms with Gasteiger partial charge in [-0.15, -0.1) is 0 Å². The monoisotopic (exact) mass is 729 g/mol. The van der Waals surface area contributed by atoms with E-state index < -0.39 is 0 Å². The normalized spacial score (nSPS) is 14.2. The highest BCUT2D eigenvalue weighted by Crippen LogP contribution is 2.58. The van der Waals surface area contributed by atoms with E-state index in [0.717, 1.165) is 46.2 Å². The van der Waals surface area contributed by atoms with E-state index in [1.807, 2.05) is 12.1 Å². The maximum atomic E-state index is 6.18. The molecule has 270 valence electrons. The van der Waals surface area contributed by atoms with Crippen molar-refractivity contribution in [3.63, 3.8) is 0 Å². The molecule has 1 aromatic heterocycles. The second-order valence-corrected chi connectivity index (χ2v) is 15.2. The lowest BCUT2D eigenvalue weighted by Crippen LogP contribution is -2.31. The summed E-state index contributed by atoms with van der Waals surface area (Å²) in [5, 5.41) is 2.28. The summed E-state index contributed by atoms with van der Waals surface area (Å²) in [6, 6.07) is 72.7. The molecule has 2 aliphatic rings. The number of allylic oxidation sites excluding steroid dienone is 4. The van der Waals surface area contributed by atoms with Crippen LogP contribution in [0.1, 0.15) is 29.5 Å². The van der Waals surface area contributed by atoms with Gasteiger partial charge < -0.3 is 9.32 Å². The Kier molecular flexibility index (Phi) is 7.89. The van der Waals surface area contributed by atoms with E-state index in [-0.39, 0.29) is 5.41 Å². The van der Waals surface area contributed by atoms with E-state index in [9.17, 15) is 0 Å². The van der Waals surface area contributed by atoms with Crippen molar-refractivity contribution in [1.29, 1.82) is 0 Å². The summed E-state index contributed by atoms with van der Waals surface area (Å²) >= 11 is 0. The molecule has 0 bridgehead atoms. The fraction of sp³-hybridized carbons (Fsp3) is 0.0545. The standard InChI is InChI=1S/C55H39NO/c1-3-14-38(15-4-1)39-26-31-44(32-27-39)56(46-19-13-16-40(36-46)41-28-35-54-50(37-41)49-22-9-12-25-53(49)57-54)45-33-29-43(30-34-45)55(42-17-5-2-6-18-42)51-23-10-7-20-47(51)48-21-8-11-24-52(48)55/h1-29,31-33,35-37H,30,34H2. The third kappa shape index (κ3) is 5.40. The van der Waals surface area contributed by atoms with Crippen LogP contribution in [-0.2, 0) is 5.41 Å². The average molecular weight is 730 g/mol. The minimum Gasteiger partial charge on any atom is -0.456 e. The molecule has 0 saturated heterocycles. The molecule has 0 amide bonds. The molecule has 0 radical (unpaired) electrons. The molecule has 0 N–H and O–H groups in total. The number of fused-ring (bicyclic) bond motifs is 6. The van der Waals surface area contributed by atoms with E-state index in [4.69, 9.17) is 4.42 Å². The molecule has 2 nitrogen and oxygen atoms in total. The highest BCUT2D eigenvalue weighted by Gasteiger charge is 2.47. The fourth-order valence-corrected chi connectivity index (χ4v) is 9.54. The van der Waals surface area contributed by atoms with Gasteiger partial charge in [0.1, 0.15) is 11.2 Å². The van der Waals surface area contributed by atoms with Crippen molar-refractivity contribution >= 4 is 33.3 Å². The van der Waals surface area contributed by atoms with Crippen LogP contribution in [0.15, 0.2) is 228 Å². The van der Waals surface area contributed by atoms with Crippen LogP contribution in [0.5, 0.6) is 0 Å². The van der Waals surface area contributed by atoms with Gasteiger partial charge in [0.2, 0.25) is 0 Å². The Hall–Kier alpha value is -7.16. The van der Waals surface area contributed by atoms with E-state index >= 15 is 0 Å². The zero-order valence-corrected chi connectivity index (χ0v) is 31.5. The summed E-state index contributed by atoms with van der Waals surface area (Å²) in [5.74, 6) is 0. The Balaban J connectivity index is 1.06. The molecule has 11 rings (SSSR count). The number of para-hydroxylation sites is 1. The van der Waals surface area contributed by atoms with Gasteiger partial charge in [-0.25, -0.2) is 0 Å². The topological polar surface area (TPSA) is 16.4 Å². The van der Waals surface area contributed by atoms with E-state index in [1.54, 1.807) is 0 Å². The lowest BCUT2D eigenvalue weighted by Gasteiger charge is -2.38. The first kappa shape index (κ1) is 33.2. The molecule has 8 aromatic carbocycles. The first-order valence-corrected chi connectivity index (χ1v) is 19.9. The zero-order valence-electron chi connectivity index (χ0n) is 31.5. The third-order valence-corrected chi connectivity index (χ3v) is 12.1. The van der Waals surface area contributed by atoms with Gasteiger partial charge in [-0.3, -0.25) is 0 Å². The van der Waals surface area contributed by atoms with Crippen LogP contribution in [0.4, 0.5) is 11.4 Å². The first-order valence-electron chi connectivity index (χ1n) is 19.9. The van der Waals surface area contributed by atoms with Gasteiger partial charge in [0.05, 0.1) is 5.41 Å². The molecule has 0 saturated carbocycles. The minimum absolute atomic E-state index is 0.367. The summed E-state index contributed by atoms with van der Waals surface area (Å²) in [6.45, 7) is 0. The van der Waals surface area contributed by atoms with Crippen LogP contribution in [0.3, 0.4) is 0 Å². The second-order valence-electron chi connectivity index (χ2n) is 15.2. The van der Waals surface area contributed by atoms with Crippen LogP contribution in [0.2, 0.25) is 0 Å². The van der Waals surface area contributed by atoms with Gasteiger partial charge in [0.15, 0.2) is 0 Å². The number of hydrogen-bond acceptors (Lipinski definition) is 2. The number of rotatable bonds is 7. The van der Waals surface area contributed by atoms with Gasteiger partial charge in [0.25, 0.3) is 0 Å². The summed E-state index contributed by atoms with van der Waals surface area (Å²) in [7, 11) is 0. The molecule has 0 aliphatic heterocycles. The smallest absolute Gasteiger partial charge is 0.135 e. The van der Waals surface area contributed by atoms with Gasteiger partial charge >= 0.3 is 0 Å². The first-order chi connectivity index (χ1) is 28.3. The lowest BCUT2D eigenvalue weighted by atomic mass is 9.65. The van der Waals surface area contributed by atoms with Crippen LogP contribution < -0.4 is 4.90 Å². The minimum atomic E-state index is -0.367. The zero-order chi connectivity index (χ0) is 37.8. The number of benzene rings is 8. The Morgan fingerprint density at radius 1 is 0.404 bits per heavy atom. The highest BCUT2D eigenvalue weighted by atomic mass is 16.3. The summed E-state index contributed by atoms with van der Waals surface area (Å²) in [5.41, 5.74) is 17.9. The molecule has 0 atom stereocenters. The molecule has 0 unspecified atom stereocenters. The van der Waals surface area contributed by atoms with Crippen LogP contribution >= 0.6 is 0 Å². The molecule has 9 aromatic rings. The second kappa shape index (κ2) is 13.5. The van der Waals surface area contributed by atoms with Crippen molar-refractivity contribution in [3.05, 3.63) is 240 Å². The van der Waals surface area contributed by atoms with Gasteiger partial charge in [-0.2, -0.15) is 0 Å². The van der Waals surface area contributed by atoms with Gasteiger partial charge in [-0.05, 0) is 111 Å². The summed E-state index contributed by atoms with van der Waals surface area (Å²) in [6.07, 6.45) is 6.63. The van der Waals surface area contributed by atoms with E-state index in [1.165, 1.54) is 61.3 Å². The fourth-order valence-electron chi connectivity index (χ4n) is 9.54. The molecular formula is C55H39NO. The third-order valence-electron chi connectivity index (χ3n) is 12.1. The Bertz CT molecular complexity index is 2960. The molecule has 57 heavy (non-hydrogen) atoms. The number of anilines is 2. The highest BCUT2D eigenvalue weighted by molar-refractivity contribution is 6.06. The molecule has 1 heterocycles. The summed E-state index contributed by atoms with van der Waals surface area (Å²) < 4.78 is 6.18. The number of hydrogen-bond donors (Lipinski definition) is 0. The Labute approximate surface area is 333 Å². The summed E-state index contributed by atoms with van der Waals surface area (Å²) in [4.78, 5) is 2.46. The molecule has 0 fully saturated rings. The average Bonchev–Trinajstić information content (AvgIpc) is 3.81. The number of furan rings is 1. The quantitative estimate of drug-likeness (QED) is 0.162. The maximum Gasteiger partial charge on any atom is 0.135 e. The van der Waals surface area contributed by atoms with Crippen molar-refractivity contribution in [2.45, 2.75) is 18.3 Å². The van der Waals surface area contributed by atoms with Crippen LogP contribution in [0.25, 0.3) is 55.3 Å². The predicted octanol–water partition coefficient (Wildman–Crippen LogP) is 14.7. The predicted molar refractivity (Wildman–Crippen MR) is 237 cm³/mol. The molecule has 2 aliphatic carbocycles. The number of nitrogens with zero attached hydrogens (tertiary/aromatic N) is 1. The van der Waals surface area contributed by atoms with Crippen molar-refractivity contribution in [2.24, 2.45) is 0 Å². The lowest BCUT2D eigenvalue weighted by molar-refractivity contribution is 0.669. The van der Waals surface area contributed by atoms with Crippen molar-refractivity contribution < 1.29 is 4.42 Å². The SMILES string of the molecule is C1=C(N(c2ccc(-c3ccccc3)cc2)c2cccc(-c3ccc4oc5ccccc5c4c3)c2)CCC(C2(c3ccccc3)c3ccccc3-c3ccccc32)=C1. The maximum absolute atomic E-state index is 6.18. The van der Waals surface area contributed by atoms with E-state index in [2.05, 4.69) is 205 Å². The van der Waals surface area contributed by atoms with Crippen molar-refractivity contribution in [3.8, 4) is 33.4 Å². The van der Waals surface area contributed by atoms with Crippen LogP contribution in [0, 0.1) is 0 Å². The largest absolute Gasteiger partial charge is 0.456 e. The molecule has 2 heteroatoms. The van der Waals surface area contributed by atoms with Crippen molar-refractivity contribution in [1.82, 2.24) is 0 Å². The Morgan fingerprint density at radius 3 is 1.74 bits per heavy atom. The molecular weight excluding hydrogens is 691 g/mol. The van der Waals surface area contributed by atoms with Gasteiger partial charge in [-0.1, -0.05) is 169 Å². The van der Waals surface area contributed by atoms with Crippen molar-refractivity contribution in [2.75, 3.05) is 4.90 Å². The molecule has 0 spiro atoms. The van der Waals surface area contributed by atoms with Crippen LogP contribution in [-0.4, -0.2) is 0 Å².